The third kappa shape index (κ3) is 5.37. The molecule has 24 heavy (non-hydrogen) atoms. The lowest BCUT2D eigenvalue weighted by molar-refractivity contribution is 0.0952. The average Bonchev–Trinajstić information content (AvgIpc) is 2.55. The first kappa shape index (κ1) is 18.0. The van der Waals surface area contributed by atoms with Crippen LogP contribution in [0.25, 0.3) is 0 Å². The molecule has 1 aromatic heterocycles. The minimum atomic E-state index is -0.0590. The molecule has 1 heterocycles. The Labute approximate surface area is 144 Å². The number of pyridine rings is 1. The maximum Gasteiger partial charge on any atom is 0.251 e. The van der Waals surface area contributed by atoms with Gasteiger partial charge in [0.15, 0.2) is 0 Å². The number of carbonyl (C=O) groups is 1. The molecule has 2 N–H and O–H groups in total. The van der Waals surface area contributed by atoms with Crippen LogP contribution in [-0.2, 0) is 0 Å². The third-order valence-corrected chi connectivity index (χ3v) is 3.88. The largest absolute Gasteiger partial charge is 0.352 e. The molecule has 128 valence electrons. The van der Waals surface area contributed by atoms with Crippen molar-refractivity contribution in [2.45, 2.75) is 40.0 Å². The maximum atomic E-state index is 12.2. The summed E-state index contributed by atoms with van der Waals surface area (Å²) in [7, 11) is 0. The van der Waals surface area contributed by atoms with Gasteiger partial charge in [-0.1, -0.05) is 39.8 Å². The summed E-state index contributed by atoms with van der Waals surface area (Å²) in [5.74, 6) is 1.70. The number of anilines is 2. The van der Waals surface area contributed by atoms with Gasteiger partial charge >= 0.3 is 0 Å². The molecule has 4 nitrogen and oxygen atoms in total. The first-order chi connectivity index (χ1) is 11.5. The van der Waals surface area contributed by atoms with Gasteiger partial charge in [-0.3, -0.25) is 4.79 Å². The number of aromatic nitrogens is 1. The molecule has 0 aliphatic rings. The zero-order valence-electron chi connectivity index (χ0n) is 15.0. The molecule has 0 unspecified atom stereocenters. The van der Waals surface area contributed by atoms with Gasteiger partial charge in [-0.2, -0.15) is 0 Å². The van der Waals surface area contributed by atoms with Crippen molar-refractivity contribution in [2.75, 3.05) is 11.9 Å². The lowest BCUT2D eigenvalue weighted by Gasteiger charge is -2.10. The van der Waals surface area contributed by atoms with Gasteiger partial charge < -0.3 is 10.6 Å². The lowest BCUT2D eigenvalue weighted by Crippen LogP contribution is -2.25. The molecule has 1 amide bonds. The summed E-state index contributed by atoms with van der Waals surface area (Å²) in [6.45, 7) is 9.32. The smallest absolute Gasteiger partial charge is 0.251 e. The second kappa shape index (κ2) is 8.48. The Hall–Kier alpha value is -2.36. The van der Waals surface area contributed by atoms with Crippen molar-refractivity contribution >= 4 is 17.4 Å². The molecule has 1 aromatic carbocycles. The number of hydrogen-bond acceptors (Lipinski definition) is 3. The van der Waals surface area contributed by atoms with Crippen molar-refractivity contribution in [3.63, 3.8) is 0 Å². The van der Waals surface area contributed by atoms with Crippen LogP contribution in [0.1, 0.15) is 56.0 Å². The second-order valence-electron chi connectivity index (χ2n) is 6.77. The maximum absolute atomic E-state index is 12.2. The van der Waals surface area contributed by atoms with E-state index in [1.807, 2.05) is 12.1 Å². The molecular formula is C20H27N3O. The minimum Gasteiger partial charge on any atom is -0.352 e. The molecule has 4 heteroatoms. The quantitative estimate of drug-likeness (QED) is 0.774. The molecular weight excluding hydrogens is 298 g/mol. The molecule has 0 fully saturated rings. The van der Waals surface area contributed by atoms with E-state index in [-0.39, 0.29) is 5.91 Å². The topological polar surface area (TPSA) is 54.0 Å². The Kier molecular flexibility index (Phi) is 6.36. The molecule has 0 aliphatic heterocycles. The van der Waals surface area contributed by atoms with Crippen LogP contribution in [0, 0.1) is 5.92 Å². The van der Waals surface area contributed by atoms with E-state index in [0.717, 1.165) is 12.1 Å². The summed E-state index contributed by atoms with van der Waals surface area (Å²) in [5, 5.41) is 6.20. The van der Waals surface area contributed by atoms with E-state index in [0.29, 0.717) is 29.8 Å². The highest BCUT2D eigenvalue weighted by Crippen LogP contribution is 2.20. The van der Waals surface area contributed by atoms with Crippen LogP contribution < -0.4 is 10.6 Å². The Morgan fingerprint density at radius 1 is 1.08 bits per heavy atom. The summed E-state index contributed by atoms with van der Waals surface area (Å²) in [5.41, 5.74) is 2.88. The molecule has 0 spiro atoms. The van der Waals surface area contributed by atoms with Crippen molar-refractivity contribution < 1.29 is 4.79 Å². The van der Waals surface area contributed by atoms with Crippen molar-refractivity contribution in [3.8, 4) is 0 Å². The van der Waals surface area contributed by atoms with Gasteiger partial charge in [-0.25, -0.2) is 4.98 Å². The Bertz CT molecular complexity index is 663. The van der Waals surface area contributed by atoms with Crippen LogP contribution >= 0.6 is 0 Å². The van der Waals surface area contributed by atoms with Gasteiger partial charge in [0.05, 0.1) is 0 Å². The number of hydrogen-bond donors (Lipinski definition) is 2. The number of nitrogens with zero attached hydrogens (tertiary/aromatic N) is 1. The van der Waals surface area contributed by atoms with E-state index in [9.17, 15) is 4.79 Å². The fourth-order valence-corrected chi connectivity index (χ4v) is 2.32. The monoisotopic (exact) mass is 325 g/mol. The predicted octanol–water partition coefficient (Wildman–Crippen LogP) is 4.72. The van der Waals surface area contributed by atoms with E-state index in [1.54, 1.807) is 18.3 Å². The highest BCUT2D eigenvalue weighted by molar-refractivity contribution is 5.94. The minimum absolute atomic E-state index is 0.0590. The summed E-state index contributed by atoms with van der Waals surface area (Å²) < 4.78 is 0. The van der Waals surface area contributed by atoms with Crippen molar-refractivity contribution in [3.05, 3.63) is 53.7 Å². The van der Waals surface area contributed by atoms with E-state index in [4.69, 9.17) is 0 Å². The number of nitrogens with one attached hydrogen (secondary N) is 2. The Morgan fingerprint density at radius 2 is 1.79 bits per heavy atom. The SMILES string of the molecule is CC(C)CCNC(=O)c1ccnc(Nc2ccc(C(C)C)cc2)c1. The molecule has 2 aromatic rings. The molecule has 0 aliphatic carbocycles. The zero-order valence-corrected chi connectivity index (χ0v) is 15.0. The fraction of sp³-hybridized carbons (Fsp3) is 0.400. The van der Waals surface area contributed by atoms with E-state index < -0.39 is 0 Å². The van der Waals surface area contributed by atoms with Crippen molar-refractivity contribution in [1.82, 2.24) is 10.3 Å². The average molecular weight is 325 g/mol. The molecule has 0 bridgehead atoms. The lowest BCUT2D eigenvalue weighted by atomic mass is 10.0. The van der Waals surface area contributed by atoms with Gasteiger partial charge in [0, 0.05) is 24.0 Å². The Balaban J connectivity index is 2.00. The summed E-state index contributed by atoms with van der Waals surface area (Å²) >= 11 is 0. The second-order valence-corrected chi connectivity index (χ2v) is 6.77. The molecule has 0 saturated heterocycles. The predicted molar refractivity (Wildman–Crippen MR) is 99.8 cm³/mol. The summed E-state index contributed by atoms with van der Waals surface area (Å²) in [6, 6.07) is 11.8. The van der Waals surface area contributed by atoms with Crippen LogP contribution in [0.3, 0.4) is 0 Å². The van der Waals surface area contributed by atoms with Gasteiger partial charge in [0.2, 0.25) is 0 Å². The molecule has 0 radical (unpaired) electrons. The van der Waals surface area contributed by atoms with Gasteiger partial charge in [-0.15, -0.1) is 0 Å². The standard InChI is InChI=1S/C20H27N3O/c1-14(2)9-11-22-20(24)17-10-12-21-19(13-17)23-18-7-5-16(6-8-18)15(3)4/h5-8,10,12-15H,9,11H2,1-4H3,(H,21,23)(H,22,24). The fourth-order valence-electron chi connectivity index (χ4n) is 2.32. The van der Waals surface area contributed by atoms with E-state index >= 15 is 0 Å². The number of carbonyl (C=O) groups excluding carboxylic acids is 1. The molecule has 2 rings (SSSR count). The zero-order chi connectivity index (χ0) is 17.5. The normalized spacial score (nSPS) is 10.9. The first-order valence-corrected chi connectivity index (χ1v) is 8.57. The van der Waals surface area contributed by atoms with E-state index in [2.05, 4.69) is 55.4 Å². The van der Waals surface area contributed by atoms with Crippen LogP contribution in [0.4, 0.5) is 11.5 Å². The van der Waals surface area contributed by atoms with Crippen molar-refractivity contribution in [2.24, 2.45) is 5.92 Å². The number of rotatable bonds is 7. The summed E-state index contributed by atoms with van der Waals surface area (Å²) in [6.07, 6.45) is 2.63. The van der Waals surface area contributed by atoms with Crippen molar-refractivity contribution in [1.29, 1.82) is 0 Å². The van der Waals surface area contributed by atoms with Crippen LogP contribution in [0.5, 0.6) is 0 Å². The first-order valence-electron chi connectivity index (χ1n) is 8.57. The number of amides is 1. The highest BCUT2D eigenvalue weighted by atomic mass is 16.1. The van der Waals surface area contributed by atoms with Gasteiger partial charge in [0.25, 0.3) is 5.91 Å². The van der Waals surface area contributed by atoms with Crippen LogP contribution in [-0.4, -0.2) is 17.4 Å². The van der Waals surface area contributed by atoms with Crippen LogP contribution in [0.15, 0.2) is 42.6 Å². The third-order valence-electron chi connectivity index (χ3n) is 3.88. The Morgan fingerprint density at radius 3 is 2.42 bits per heavy atom. The molecule has 0 saturated carbocycles. The van der Waals surface area contributed by atoms with E-state index in [1.165, 1.54) is 5.56 Å². The van der Waals surface area contributed by atoms with Crippen LogP contribution in [0.2, 0.25) is 0 Å². The number of benzene rings is 1. The summed E-state index contributed by atoms with van der Waals surface area (Å²) in [4.78, 5) is 16.5. The van der Waals surface area contributed by atoms with Gasteiger partial charge in [0.1, 0.15) is 5.82 Å². The molecule has 0 atom stereocenters. The highest BCUT2D eigenvalue weighted by Gasteiger charge is 2.07. The van der Waals surface area contributed by atoms with Gasteiger partial charge in [-0.05, 0) is 48.1 Å².